The fraction of sp³-hybridized carbons (Fsp3) is 0.462. The van der Waals surface area contributed by atoms with Gasteiger partial charge in [0.2, 0.25) is 11.8 Å². The number of hydrogen-bond donors (Lipinski definition) is 1. The van der Waals surface area contributed by atoms with Crippen LogP contribution in [0.2, 0.25) is 0 Å². The highest BCUT2D eigenvalue weighted by molar-refractivity contribution is 6.00. The Morgan fingerprint density at radius 3 is 2.65 bits per heavy atom. The third-order valence-electron chi connectivity index (χ3n) is 6.36. The average molecular weight is 468 g/mol. The Kier molecular flexibility index (Phi) is 7.70. The summed E-state index contributed by atoms with van der Waals surface area (Å²) in [5.74, 6) is 0.570. The van der Waals surface area contributed by atoms with Crippen LogP contribution in [0.5, 0.6) is 11.5 Å². The Hall–Kier alpha value is -3.10. The van der Waals surface area contributed by atoms with Crippen molar-refractivity contribution < 1.29 is 23.8 Å². The SMILES string of the molecule is COc1ccc(N2CC(C(=O)NCc3cccc(CN4CCOC(C)C4)c3)CC2=O)cc1OC. The van der Waals surface area contributed by atoms with Crippen molar-refractivity contribution in [3.8, 4) is 11.5 Å². The van der Waals surface area contributed by atoms with Gasteiger partial charge in [-0.25, -0.2) is 0 Å². The molecule has 34 heavy (non-hydrogen) atoms. The summed E-state index contributed by atoms with van der Waals surface area (Å²) < 4.78 is 16.2. The van der Waals surface area contributed by atoms with Gasteiger partial charge in [-0.2, -0.15) is 0 Å². The standard InChI is InChI=1S/C26H33N3O5/c1-18-15-28(9-10-34-18)16-20-6-4-5-19(11-20)14-27-26(31)21-12-25(30)29(17-21)22-7-8-23(32-2)24(13-22)33-3/h4-8,11,13,18,21H,9-10,12,14-17H2,1-3H3,(H,27,31). The highest BCUT2D eigenvalue weighted by atomic mass is 16.5. The van der Waals surface area contributed by atoms with Gasteiger partial charge in [0.05, 0.1) is 32.8 Å². The Morgan fingerprint density at radius 1 is 1.09 bits per heavy atom. The summed E-state index contributed by atoms with van der Waals surface area (Å²) in [5.41, 5.74) is 2.97. The van der Waals surface area contributed by atoms with Gasteiger partial charge in [0.15, 0.2) is 11.5 Å². The molecule has 0 bridgehead atoms. The molecule has 2 atom stereocenters. The molecule has 0 aromatic heterocycles. The number of benzene rings is 2. The van der Waals surface area contributed by atoms with E-state index in [1.165, 1.54) is 5.56 Å². The minimum Gasteiger partial charge on any atom is -0.493 e. The van der Waals surface area contributed by atoms with Gasteiger partial charge in [0.25, 0.3) is 0 Å². The normalized spacial score (nSPS) is 20.9. The summed E-state index contributed by atoms with van der Waals surface area (Å²) in [4.78, 5) is 29.5. The number of carbonyl (C=O) groups is 2. The van der Waals surface area contributed by atoms with Gasteiger partial charge in [0, 0.05) is 50.9 Å². The van der Waals surface area contributed by atoms with Crippen LogP contribution in [0.25, 0.3) is 0 Å². The van der Waals surface area contributed by atoms with Crippen molar-refractivity contribution in [3.05, 3.63) is 53.6 Å². The van der Waals surface area contributed by atoms with Crippen LogP contribution < -0.4 is 19.7 Å². The van der Waals surface area contributed by atoms with Crippen LogP contribution in [-0.4, -0.2) is 63.3 Å². The molecule has 2 aliphatic heterocycles. The Bertz CT molecular complexity index is 1030. The van der Waals surface area contributed by atoms with E-state index in [4.69, 9.17) is 14.2 Å². The van der Waals surface area contributed by atoms with Gasteiger partial charge >= 0.3 is 0 Å². The van der Waals surface area contributed by atoms with Gasteiger partial charge in [-0.15, -0.1) is 0 Å². The summed E-state index contributed by atoms with van der Waals surface area (Å²) in [5, 5.41) is 3.02. The van der Waals surface area contributed by atoms with E-state index in [-0.39, 0.29) is 24.3 Å². The van der Waals surface area contributed by atoms with Gasteiger partial charge in [-0.1, -0.05) is 24.3 Å². The third-order valence-corrected chi connectivity index (χ3v) is 6.36. The highest BCUT2D eigenvalue weighted by Gasteiger charge is 2.35. The number of carbonyl (C=O) groups excluding carboxylic acids is 2. The second-order valence-electron chi connectivity index (χ2n) is 8.90. The Labute approximate surface area is 200 Å². The van der Waals surface area contributed by atoms with Crippen molar-refractivity contribution in [1.29, 1.82) is 0 Å². The lowest BCUT2D eigenvalue weighted by molar-refractivity contribution is -0.126. The molecule has 2 amide bonds. The molecular formula is C26H33N3O5. The first-order valence-corrected chi connectivity index (χ1v) is 11.7. The molecule has 0 spiro atoms. The molecule has 2 saturated heterocycles. The van der Waals surface area contributed by atoms with E-state index in [2.05, 4.69) is 29.3 Å². The van der Waals surface area contributed by atoms with Gasteiger partial charge < -0.3 is 24.4 Å². The first-order valence-electron chi connectivity index (χ1n) is 11.7. The zero-order chi connectivity index (χ0) is 24.1. The number of rotatable bonds is 8. The average Bonchev–Trinajstić information content (AvgIpc) is 3.24. The van der Waals surface area contributed by atoms with Crippen molar-refractivity contribution in [3.63, 3.8) is 0 Å². The van der Waals surface area contributed by atoms with Crippen LogP contribution in [0.15, 0.2) is 42.5 Å². The van der Waals surface area contributed by atoms with Crippen LogP contribution >= 0.6 is 0 Å². The largest absolute Gasteiger partial charge is 0.493 e. The fourth-order valence-corrected chi connectivity index (χ4v) is 4.59. The number of morpholine rings is 1. The van der Waals surface area contributed by atoms with E-state index >= 15 is 0 Å². The maximum absolute atomic E-state index is 12.8. The Morgan fingerprint density at radius 2 is 1.88 bits per heavy atom. The lowest BCUT2D eigenvalue weighted by atomic mass is 10.1. The predicted molar refractivity (Wildman–Crippen MR) is 129 cm³/mol. The minimum absolute atomic E-state index is 0.0749. The first-order chi connectivity index (χ1) is 16.5. The molecule has 2 heterocycles. The summed E-state index contributed by atoms with van der Waals surface area (Å²) in [6, 6.07) is 13.6. The van der Waals surface area contributed by atoms with Crippen LogP contribution in [0.3, 0.4) is 0 Å². The lowest BCUT2D eigenvalue weighted by Crippen LogP contribution is -2.40. The number of ether oxygens (including phenoxy) is 3. The van der Waals surface area contributed by atoms with Crippen molar-refractivity contribution in [2.75, 3.05) is 45.4 Å². The molecule has 4 rings (SSSR count). The molecule has 2 aromatic carbocycles. The van der Waals surface area contributed by atoms with E-state index in [1.54, 1.807) is 37.3 Å². The quantitative estimate of drug-likeness (QED) is 0.643. The zero-order valence-electron chi connectivity index (χ0n) is 20.1. The molecule has 2 aliphatic rings. The predicted octanol–water partition coefficient (Wildman–Crippen LogP) is 2.59. The van der Waals surface area contributed by atoms with Gasteiger partial charge in [-0.05, 0) is 30.2 Å². The maximum Gasteiger partial charge on any atom is 0.227 e. The number of nitrogens with one attached hydrogen (secondary N) is 1. The van der Waals surface area contributed by atoms with E-state index < -0.39 is 5.92 Å². The molecule has 0 radical (unpaired) electrons. The lowest BCUT2D eigenvalue weighted by Gasteiger charge is -2.31. The summed E-state index contributed by atoms with van der Waals surface area (Å²) in [6.45, 7) is 6.36. The van der Waals surface area contributed by atoms with E-state index in [9.17, 15) is 9.59 Å². The second kappa shape index (κ2) is 10.9. The van der Waals surface area contributed by atoms with Gasteiger partial charge in [0.1, 0.15) is 0 Å². The fourth-order valence-electron chi connectivity index (χ4n) is 4.59. The molecule has 2 fully saturated rings. The molecule has 0 aliphatic carbocycles. The number of methoxy groups -OCH3 is 2. The van der Waals surface area contributed by atoms with Crippen molar-refractivity contribution in [2.45, 2.75) is 32.5 Å². The van der Waals surface area contributed by atoms with E-state index in [0.29, 0.717) is 30.3 Å². The third kappa shape index (κ3) is 5.69. The number of hydrogen-bond acceptors (Lipinski definition) is 6. The zero-order valence-corrected chi connectivity index (χ0v) is 20.1. The smallest absolute Gasteiger partial charge is 0.227 e. The maximum atomic E-state index is 12.8. The van der Waals surface area contributed by atoms with Crippen LogP contribution in [0, 0.1) is 5.92 Å². The molecule has 8 heteroatoms. The van der Waals surface area contributed by atoms with Gasteiger partial charge in [-0.3, -0.25) is 14.5 Å². The monoisotopic (exact) mass is 467 g/mol. The van der Waals surface area contributed by atoms with Crippen LogP contribution in [-0.2, 0) is 27.4 Å². The van der Waals surface area contributed by atoms with Crippen LogP contribution in [0.1, 0.15) is 24.5 Å². The van der Waals surface area contributed by atoms with Crippen molar-refractivity contribution in [1.82, 2.24) is 10.2 Å². The van der Waals surface area contributed by atoms with Crippen molar-refractivity contribution >= 4 is 17.5 Å². The molecular weight excluding hydrogens is 434 g/mol. The first kappa shape index (κ1) is 24.0. The number of amides is 2. The van der Waals surface area contributed by atoms with Crippen LogP contribution in [0.4, 0.5) is 5.69 Å². The Balaban J connectivity index is 1.33. The second-order valence-corrected chi connectivity index (χ2v) is 8.90. The number of nitrogens with zero attached hydrogens (tertiary/aromatic N) is 2. The summed E-state index contributed by atoms with van der Waals surface area (Å²) >= 11 is 0. The molecule has 2 aromatic rings. The number of anilines is 1. The highest BCUT2D eigenvalue weighted by Crippen LogP contribution is 2.34. The molecule has 182 valence electrons. The molecule has 2 unspecified atom stereocenters. The molecule has 0 saturated carbocycles. The summed E-state index contributed by atoms with van der Waals surface area (Å²) in [6.07, 6.45) is 0.444. The van der Waals surface area contributed by atoms with E-state index in [0.717, 1.165) is 31.8 Å². The van der Waals surface area contributed by atoms with Crippen molar-refractivity contribution in [2.24, 2.45) is 5.92 Å². The van der Waals surface area contributed by atoms with E-state index in [1.807, 2.05) is 12.1 Å². The summed E-state index contributed by atoms with van der Waals surface area (Å²) in [7, 11) is 3.12. The molecule has 1 N–H and O–H groups in total. The topological polar surface area (TPSA) is 80.3 Å². The molecule has 8 nitrogen and oxygen atoms in total. The minimum atomic E-state index is -0.390.